The zero-order valence-corrected chi connectivity index (χ0v) is 22.4. The molecule has 3 aliphatic carbocycles. The van der Waals surface area contributed by atoms with Crippen LogP contribution in [-0.2, 0) is 30.8 Å². The molecule has 37 heavy (non-hydrogen) atoms. The molecule has 1 aromatic heterocycles. The van der Waals surface area contributed by atoms with Crippen LogP contribution in [0.4, 0.5) is 0 Å². The fourth-order valence-corrected chi connectivity index (χ4v) is 8.31. The SMILES string of the molecule is C#CCO[C@H]1C[C@H]2Cc3c([nH]c4ccccc34)[C@]2(C)C2(C)CCC3(OC(C)C)OC(C)C(=O)C=C3[C@]12O. The van der Waals surface area contributed by atoms with E-state index in [9.17, 15) is 9.90 Å². The first-order valence-corrected chi connectivity index (χ1v) is 13.5. The standard InChI is InChI=1S/C31H37NO5/c1-7-14-35-26-16-20-15-22-21-10-8-9-11-23(21)32-27(22)29(20,6)28(5)12-13-30(36-18(2)3)25(31(26,28)34)17-24(33)19(4)37-30/h1,8-11,17-20,26,32,34H,12-16H2,2-6H3/t19?,20-,26+,28?,29-,30?,31+/m1/s1. The van der Waals surface area contributed by atoms with Crippen molar-refractivity contribution in [2.75, 3.05) is 6.61 Å². The highest BCUT2D eigenvalue weighted by molar-refractivity contribution is 5.95. The number of para-hydroxylation sites is 1. The van der Waals surface area contributed by atoms with Crippen molar-refractivity contribution < 1.29 is 24.1 Å². The third-order valence-corrected chi connectivity index (χ3v) is 10.2. The molecule has 3 unspecified atom stereocenters. The number of ether oxygens (including phenoxy) is 3. The molecule has 0 amide bonds. The summed E-state index contributed by atoms with van der Waals surface area (Å²) in [4.78, 5) is 16.8. The number of nitrogens with one attached hydrogen (secondary N) is 1. The second-order valence-electron chi connectivity index (χ2n) is 12.1. The van der Waals surface area contributed by atoms with Crippen molar-refractivity contribution in [2.24, 2.45) is 11.3 Å². The maximum Gasteiger partial charge on any atom is 0.195 e. The van der Waals surface area contributed by atoms with Crippen molar-refractivity contribution in [1.29, 1.82) is 0 Å². The van der Waals surface area contributed by atoms with Crippen molar-refractivity contribution in [3.63, 3.8) is 0 Å². The summed E-state index contributed by atoms with van der Waals surface area (Å²) in [5.41, 5.74) is 1.48. The van der Waals surface area contributed by atoms with Crippen LogP contribution in [-0.4, -0.2) is 52.2 Å². The fraction of sp³-hybridized carbons (Fsp3) is 0.581. The van der Waals surface area contributed by atoms with Gasteiger partial charge in [0.2, 0.25) is 0 Å². The number of aromatic amines is 1. The first-order chi connectivity index (χ1) is 17.5. The van der Waals surface area contributed by atoms with Gasteiger partial charge in [0.1, 0.15) is 18.3 Å². The molecule has 6 nitrogen and oxygen atoms in total. The predicted octanol–water partition coefficient (Wildman–Crippen LogP) is 4.59. The van der Waals surface area contributed by atoms with E-state index in [4.69, 9.17) is 20.6 Å². The number of aromatic nitrogens is 1. The average molecular weight is 504 g/mol. The van der Waals surface area contributed by atoms with E-state index in [0.717, 1.165) is 11.9 Å². The number of carbonyl (C=O) groups excluding carboxylic acids is 1. The molecule has 1 aliphatic heterocycles. The third-order valence-electron chi connectivity index (χ3n) is 10.2. The van der Waals surface area contributed by atoms with E-state index in [1.165, 1.54) is 16.6 Å². The van der Waals surface area contributed by atoms with Gasteiger partial charge in [-0.2, -0.15) is 0 Å². The highest BCUT2D eigenvalue weighted by Gasteiger charge is 2.76. The highest BCUT2D eigenvalue weighted by Crippen LogP contribution is 2.71. The summed E-state index contributed by atoms with van der Waals surface area (Å²) >= 11 is 0. The average Bonchev–Trinajstić information content (AvgIpc) is 3.35. The Labute approximate surface area is 218 Å². The van der Waals surface area contributed by atoms with Crippen LogP contribution in [0.2, 0.25) is 0 Å². The quantitative estimate of drug-likeness (QED) is 0.597. The maximum absolute atomic E-state index is 13.1. The fourth-order valence-electron chi connectivity index (χ4n) is 8.31. The number of hydrogen-bond donors (Lipinski definition) is 2. The largest absolute Gasteiger partial charge is 0.382 e. The minimum Gasteiger partial charge on any atom is -0.382 e. The lowest BCUT2D eigenvalue weighted by Gasteiger charge is -2.68. The van der Waals surface area contributed by atoms with Gasteiger partial charge in [-0.1, -0.05) is 38.0 Å². The van der Waals surface area contributed by atoms with Crippen LogP contribution in [0.3, 0.4) is 0 Å². The summed E-state index contributed by atoms with van der Waals surface area (Å²) in [6.07, 6.45) is 8.46. The van der Waals surface area contributed by atoms with Gasteiger partial charge in [-0.25, -0.2) is 0 Å². The van der Waals surface area contributed by atoms with Crippen LogP contribution in [0.5, 0.6) is 0 Å². The van der Waals surface area contributed by atoms with E-state index in [1.54, 1.807) is 13.0 Å². The van der Waals surface area contributed by atoms with E-state index in [2.05, 4.69) is 43.0 Å². The molecule has 7 atom stereocenters. The number of fused-ring (bicyclic) bond motifs is 9. The normalized spacial score (nSPS) is 40.5. The number of rotatable bonds is 4. The Morgan fingerprint density at radius 3 is 2.76 bits per heavy atom. The molecule has 0 saturated heterocycles. The molecule has 2 N–H and O–H groups in total. The molecule has 0 spiro atoms. The van der Waals surface area contributed by atoms with Crippen LogP contribution >= 0.6 is 0 Å². The number of benzene rings is 1. The van der Waals surface area contributed by atoms with Gasteiger partial charge >= 0.3 is 0 Å². The van der Waals surface area contributed by atoms with Crippen molar-refractivity contribution in [1.82, 2.24) is 4.98 Å². The van der Waals surface area contributed by atoms with Crippen molar-refractivity contribution in [2.45, 2.75) is 95.4 Å². The molecule has 196 valence electrons. The van der Waals surface area contributed by atoms with E-state index >= 15 is 0 Å². The number of H-pyrrole nitrogens is 1. The van der Waals surface area contributed by atoms with Crippen molar-refractivity contribution in [3.8, 4) is 12.3 Å². The topological polar surface area (TPSA) is 80.8 Å². The Bertz CT molecular complexity index is 1350. The zero-order chi connectivity index (χ0) is 26.4. The Balaban J connectivity index is 1.59. The van der Waals surface area contributed by atoms with E-state index in [-0.39, 0.29) is 24.4 Å². The molecule has 2 heterocycles. The zero-order valence-electron chi connectivity index (χ0n) is 22.4. The number of carbonyl (C=O) groups is 1. The summed E-state index contributed by atoms with van der Waals surface area (Å²) in [5.74, 6) is 1.46. The van der Waals surface area contributed by atoms with Gasteiger partial charge in [0.05, 0.1) is 12.2 Å². The highest BCUT2D eigenvalue weighted by atomic mass is 16.7. The first kappa shape index (κ1) is 24.9. The van der Waals surface area contributed by atoms with Gasteiger partial charge in [0.25, 0.3) is 0 Å². The third kappa shape index (κ3) is 3.00. The van der Waals surface area contributed by atoms with Gasteiger partial charge in [0.15, 0.2) is 11.6 Å². The van der Waals surface area contributed by atoms with E-state index < -0.39 is 34.4 Å². The number of hydrogen-bond acceptors (Lipinski definition) is 5. The first-order valence-electron chi connectivity index (χ1n) is 13.5. The summed E-state index contributed by atoms with van der Waals surface area (Å²) in [7, 11) is 0. The van der Waals surface area contributed by atoms with Crippen LogP contribution in [0.15, 0.2) is 35.9 Å². The molecule has 0 radical (unpaired) electrons. The Morgan fingerprint density at radius 2 is 2.03 bits per heavy atom. The van der Waals surface area contributed by atoms with Gasteiger partial charge in [-0.05, 0) is 63.7 Å². The van der Waals surface area contributed by atoms with Crippen LogP contribution in [0.25, 0.3) is 10.9 Å². The number of aliphatic hydroxyl groups is 1. The monoisotopic (exact) mass is 503 g/mol. The van der Waals surface area contributed by atoms with Crippen LogP contribution in [0, 0.1) is 23.7 Å². The lowest BCUT2D eigenvalue weighted by molar-refractivity contribution is -0.314. The van der Waals surface area contributed by atoms with E-state index in [1.807, 2.05) is 19.9 Å². The molecular formula is C31H37NO5. The minimum atomic E-state index is -1.53. The predicted molar refractivity (Wildman–Crippen MR) is 141 cm³/mol. The summed E-state index contributed by atoms with van der Waals surface area (Å²) in [6, 6.07) is 8.41. The molecule has 2 fully saturated rings. The molecule has 2 aromatic rings. The molecule has 2 saturated carbocycles. The molecule has 1 aromatic carbocycles. The molecular weight excluding hydrogens is 466 g/mol. The minimum absolute atomic E-state index is 0.0806. The van der Waals surface area contributed by atoms with Crippen molar-refractivity contribution in [3.05, 3.63) is 47.2 Å². The lowest BCUT2D eigenvalue weighted by Crippen LogP contribution is -2.75. The van der Waals surface area contributed by atoms with Gasteiger partial charge in [0, 0.05) is 39.4 Å². The van der Waals surface area contributed by atoms with Crippen LogP contribution in [0.1, 0.15) is 65.1 Å². The second kappa shape index (κ2) is 8.04. The smallest absolute Gasteiger partial charge is 0.195 e. The van der Waals surface area contributed by atoms with Crippen LogP contribution < -0.4 is 0 Å². The van der Waals surface area contributed by atoms with Gasteiger partial charge in [-0.3, -0.25) is 4.79 Å². The maximum atomic E-state index is 13.1. The summed E-state index contributed by atoms with van der Waals surface area (Å²) in [5, 5.41) is 14.4. The Kier molecular flexibility index (Phi) is 5.40. The Morgan fingerprint density at radius 1 is 1.27 bits per heavy atom. The molecule has 0 bridgehead atoms. The number of ketones is 1. The second-order valence-corrected chi connectivity index (χ2v) is 12.1. The number of terminal acetylenes is 1. The molecule has 4 aliphatic rings. The summed E-state index contributed by atoms with van der Waals surface area (Å²) < 4.78 is 19.1. The van der Waals surface area contributed by atoms with Gasteiger partial charge < -0.3 is 24.3 Å². The van der Waals surface area contributed by atoms with Gasteiger partial charge in [-0.15, -0.1) is 6.42 Å². The molecule has 6 heteroatoms. The van der Waals surface area contributed by atoms with E-state index in [0.29, 0.717) is 24.8 Å². The lowest BCUT2D eigenvalue weighted by atomic mass is 9.41. The Hall–Kier alpha value is -2.43. The summed E-state index contributed by atoms with van der Waals surface area (Å²) in [6.45, 7) is 10.2. The van der Waals surface area contributed by atoms with Crippen molar-refractivity contribution >= 4 is 16.7 Å². The molecule has 6 rings (SSSR count).